The molecule has 8 heteroatoms. The molecule has 0 N–H and O–H groups in total. The summed E-state index contributed by atoms with van der Waals surface area (Å²) < 4.78 is 40.5. The number of hydrogen-bond donors (Lipinski definition) is 0. The molecule has 0 radical (unpaired) electrons. The first-order valence-corrected chi connectivity index (χ1v) is 8.28. The molecule has 1 amide bonds. The number of nitrogens with zero attached hydrogens (tertiary/aromatic N) is 3. The molecule has 25 heavy (non-hydrogen) atoms. The van der Waals surface area contributed by atoms with Gasteiger partial charge in [-0.2, -0.15) is 5.10 Å². The van der Waals surface area contributed by atoms with Gasteiger partial charge in [0, 0.05) is 11.7 Å². The summed E-state index contributed by atoms with van der Waals surface area (Å²) in [5, 5.41) is 3.64. The Bertz CT molecular complexity index is 822. The summed E-state index contributed by atoms with van der Waals surface area (Å²) in [6, 6.07) is 4.23. The molecule has 0 unspecified atom stereocenters. The third-order valence-corrected chi connectivity index (χ3v) is 4.96. The van der Waals surface area contributed by atoms with E-state index in [1.54, 1.807) is 11.0 Å². The summed E-state index contributed by atoms with van der Waals surface area (Å²) in [5.41, 5.74) is 1.19. The van der Waals surface area contributed by atoms with E-state index >= 15 is 0 Å². The van der Waals surface area contributed by atoms with Crippen LogP contribution in [0.3, 0.4) is 0 Å². The van der Waals surface area contributed by atoms with Crippen molar-refractivity contribution in [2.75, 3.05) is 4.90 Å². The van der Waals surface area contributed by atoms with Crippen molar-refractivity contribution in [2.45, 2.75) is 45.7 Å². The van der Waals surface area contributed by atoms with E-state index in [4.69, 9.17) is 11.6 Å². The summed E-state index contributed by atoms with van der Waals surface area (Å²) in [6.07, 6.45) is -1.43. The fourth-order valence-corrected chi connectivity index (χ4v) is 3.36. The number of amides is 1. The van der Waals surface area contributed by atoms with Crippen LogP contribution in [-0.2, 0) is 17.8 Å². The zero-order valence-corrected chi connectivity index (χ0v) is 14.5. The maximum Gasteiger partial charge on any atom is 0.283 e. The zero-order valence-electron chi connectivity index (χ0n) is 13.8. The first-order valence-electron chi connectivity index (χ1n) is 7.91. The van der Waals surface area contributed by atoms with Gasteiger partial charge in [0.2, 0.25) is 5.91 Å². The van der Waals surface area contributed by atoms with Gasteiger partial charge in [-0.25, -0.2) is 13.2 Å². The van der Waals surface area contributed by atoms with E-state index in [1.807, 2.05) is 6.92 Å². The fourth-order valence-electron chi connectivity index (χ4n) is 3.15. The van der Waals surface area contributed by atoms with Gasteiger partial charge in [-0.3, -0.25) is 9.48 Å². The van der Waals surface area contributed by atoms with Crippen LogP contribution < -0.4 is 4.90 Å². The number of halogens is 4. The molecular weight excluding hydrogens is 355 g/mol. The molecule has 4 nitrogen and oxygen atoms in total. The molecule has 0 saturated heterocycles. The summed E-state index contributed by atoms with van der Waals surface area (Å²) in [7, 11) is 0. The minimum atomic E-state index is -2.81. The summed E-state index contributed by atoms with van der Waals surface area (Å²) in [5.74, 6) is -0.653. The lowest BCUT2D eigenvalue weighted by molar-refractivity contribution is -0.119. The molecule has 2 heterocycles. The van der Waals surface area contributed by atoms with Crippen molar-refractivity contribution in [3.05, 3.63) is 46.0 Å². The molecule has 1 aliphatic rings. The van der Waals surface area contributed by atoms with E-state index in [2.05, 4.69) is 5.10 Å². The Morgan fingerprint density at radius 1 is 1.44 bits per heavy atom. The van der Waals surface area contributed by atoms with Gasteiger partial charge in [-0.1, -0.05) is 11.6 Å². The first-order chi connectivity index (χ1) is 11.8. The maximum absolute atomic E-state index is 13.4. The number of benzene rings is 1. The van der Waals surface area contributed by atoms with Crippen LogP contribution in [0, 0.1) is 12.7 Å². The Labute approximate surface area is 148 Å². The van der Waals surface area contributed by atoms with E-state index in [0.29, 0.717) is 24.2 Å². The monoisotopic (exact) mass is 371 g/mol. The van der Waals surface area contributed by atoms with Crippen molar-refractivity contribution >= 4 is 23.2 Å². The number of aromatic nitrogens is 2. The van der Waals surface area contributed by atoms with Gasteiger partial charge in [0.15, 0.2) is 0 Å². The van der Waals surface area contributed by atoms with E-state index < -0.39 is 12.1 Å². The van der Waals surface area contributed by atoms with Crippen LogP contribution in [0.2, 0.25) is 5.02 Å². The highest BCUT2D eigenvalue weighted by Gasteiger charge is 2.30. The quantitative estimate of drug-likeness (QED) is 0.807. The zero-order chi connectivity index (χ0) is 18.3. The SMILES string of the molecule is Cc1c(Cl)c(C(F)F)nn1CC(=O)N1c2ccc(F)cc2CC[C@H]1C. The topological polar surface area (TPSA) is 38.1 Å². The number of rotatable bonds is 3. The molecule has 0 bridgehead atoms. The molecule has 1 aromatic heterocycles. The predicted molar refractivity (Wildman–Crippen MR) is 88.6 cm³/mol. The molecule has 0 fully saturated rings. The van der Waals surface area contributed by atoms with Crippen molar-refractivity contribution in [2.24, 2.45) is 0 Å². The highest BCUT2D eigenvalue weighted by atomic mass is 35.5. The summed E-state index contributed by atoms with van der Waals surface area (Å²) in [6.45, 7) is 3.23. The minimum Gasteiger partial charge on any atom is -0.308 e. The largest absolute Gasteiger partial charge is 0.308 e. The lowest BCUT2D eigenvalue weighted by atomic mass is 9.96. The second kappa shape index (κ2) is 6.71. The number of hydrogen-bond acceptors (Lipinski definition) is 2. The summed E-state index contributed by atoms with van der Waals surface area (Å²) >= 11 is 5.88. The van der Waals surface area contributed by atoms with E-state index in [1.165, 1.54) is 23.7 Å². The van der Waals surface area contributed by atoms with Gasteiger partial charge in [-0.05, 0) is 50.5 Å². The lowest BCUT2D eigenvalue weighted by Crippen LogP contribution is -2.44. The van der Waals surface area contributed by atoms with Crippen LogP contribution in [0.25, 0.3) is 0 Å². The van der Waals surface area contributed by atoms with Crippen molar-refractivity contribution < 1.29 is 18.0 Å². The Morgan fingerprint density at radius 3 is 2.80 bits per heavy atom. The molecule has 3 rings (SSSR count). The Kier molecular flexibility index (Phi) is 4.77. The normalized spacial score (nSPS) is 17.1. The van der Waals surface area contributed by atoms with Crippen LogP contribution in [0.15, 0.2) is 18.2 Å². The number of alkyl halides is 2. The van der Waals surface area contributed by atoms with Gasteiger partial charge < -0.3 is 4.90 Å². The number of aryl methyl sites for hydroxylation is 1. The van der Waals surface area contributed by atoms with Crippen LogP contribution in [0.4, 0.5) is 18.9 Å². The highest BCUT2D eigenvalue weighted by molar-refractivity contribution is 6.31. The van der Waals surface area contributed by atoms with Crippen LogP contribution in [-0.4, -0.2) is 21.7 Å². The van der Waals surface area contributed by atoms with Crippen molar-refractivity contribution in [1.29, 1.82) is 0 Å². The fraction of sp³-hybridized carbons (Fsp3) is 0.412. The molecule has 0 aliphatic carbocycles. The van der Waals surface area contributed by atoms with Crippen molar-refractivity contribution in [3.8, 4) is 0 Å². The van der Waals surface area contributed by atoms with Gasteiger partial charge in [0.1, 0.15) is 18.1 Å². The number of fused-ring (bicyclic) bond motifs is 1. The third-order valence-electron chi connectivity index (χ3n) is 4.49. The van der Waals surface area contributed by atoms with Crippen LogP contribution in [0.1, 0.15) is 36.7 Å². The second-order valence-corrected chi connectivity index (χ2v) is 6.55. The van der Waals surface area contributed by atoms with Gasteiger partial charge >= 0.3 is 0 Å². The van der Waals surface area contributed by atoms with E-state index in [-0.39, 0.29) is 29.3 Å². The molecular formula is C17H17ClF3N3O. The molecule has 134 valence electrons. The Morgan fingerprint density at radius 2 is 2.16 bits per heavy atom. The molecule has 1 aromatic carbocycles. The first kappa shape index (κ1) is 17.8. The average molecular weight is 372 g/mol. The number of anilines is 1. The average Bonchev–Trinajstić information content (AvgIpc) is 2.83. The predicted octanol–water partition coefficient (Wildman–Crippen LogP) is 4.29. The smallest absolute Gasteiger partial charge is 0.283 e. The summed E-state index contributed by atoms with van der Waals surface area (Å²) in [4.78, 5) is 14.4. The van der Waals surface area contributed by atoms with Crippen molar-refractivity contribution in [3.63, 3.8) is 0 Å². The highest BCUT2D eigenvalue weighted by Crippen LogP contribution is 2.32. The van der Waals surface area contributed by atoms with E-state index in [0.717, 1.165) is 5.56 Å². The lowest BCUT2D eigenvalue weighted by Gasteiger charge is -2.35. The number of carbonyl (C=O) groups is 1. The van der Waals surface area contributed by atoms with Gasteiger partial charge in [0.25, 0.3) is 6.43 Å². The maximum atomic E-state index is 13.4. The Hall–Kier alpha value is -2.02. The standard InChI is InChI=1S/C17H17ClF3N3O/c1-9-3-4-11-7-12(19)5-6-13(11)24(9)14(25)8-23-10(2)15(18)16(22-23)17(20)21/h5-7,9,17H,3-4,8H2,1-2H3/t9-/m1/s1. The molecule has 0 spiro atoms. The van der Waals surface area contributed by atoms with Gasteiger partial charge in [0.05, 0.1) is 10.7 Å². The van der Waals surface area contributed by atoms with Crippen LogP contribution in [0.5, 0.6) is 0 Å². The minimum absolute atomic E-state index is 0.0774. The van der Waals surface area contributed by atoms with Gasteiger partial charge in [-0.15, -0.1) is 0 Å². The third kappa shape index (κ3) is 3.25. The van der Waals surface area contributed by atoms with Crippen LogP contribution >= 0.6 is 11.6 Å². The molecule has 2 aromatic rings. The molecule has 1 aliphatic heterocycles. The second-order valence-electron chi connectivity index (χ2n) is 6.17. The Balaban J connectivity index is 1.91. The molecule has 0 saturated carbocycles. The molecule has 1 atom stereocenters. The van der Waals surface area contributed by atoms with E-state index in [9.17, 15) is 18.0 Å². The number of carbonyl (C=O) groups excluding carboxylic acids is 1. The van der Waals surface area contributed by atoms with Crippen molar-refractivity contribution in [1.82, 2.24) is 9.78 Å².